The van der Waals surface area contributed by atoms with Crippen molar-refractivity contribution in [1.29, 1.82) is 5.41 Å². The lowest BCUT2D eigenvalue weighted by Crippen LogP contribution is -2.47. The maximum absolute atomic E-state index is 10.9. The summed E-state index contributed by atoms with van der Waals surface area (Å²) in [4.78, 5) is 23.4. The Kier molecular flexibility index (Phi) is 6.87. The van der Waals surface area contributed by atoms with Gasteiger partial charge in [0.25, 0.3) is 0 Å². The number of amidine groups is 1. The number of carboxylic acids is 1. The van der Waals surface area contributed by atoms with Crippen LogP contribution >= 0.6 is 0 Å². The number of likely N-dealkylation sites (tertiary alicyclic amines) is 1. The molecule has 4 rings (SSSR count). The van der Waals surface area contributed by atoms with Gasteiger partial charge in [0, 0.05) is 51.1 Å². The Hall–Kier alpha value is -2.45. The molecule has 3 aliphatic heterocycles. The van der Waals surface area contributed by atoms with Crippen LogP contribution in [0.1, 0.15) is 36.8 Å². The first-order valence-electron chi connectivity index (χ1n) is 11.3. The second-order valence-corrected chi connectivity index (χ2v) is 9.03. The van der Waals surface area contributed by atoms with Crippen LogP contribution in [0.3, 0.4) is 0 Å². The first kappa shape index (κ1) is 21.8. The van der Waals surface area contributed by atoms with Gasteiger partial charge < -0.3 is 19.7 Å². The van der Waals surface area contributed by atoms with Gasteiger partial charge in [0.05, 0.1) is 5.71 Å². The lowest BCUT2D eigenvalue weighted by molar-refractivity contribution is -0.138. The molecule has 0 amide bonds. The van der Waals surface area contributed by atoms with Gasteiger partial charge in [0.15, 0.2) is 0 Å². The van der Waals surface area contributed by atoms with Gasteiger partial charge in [-0.25, -0.2) is 0 Å². The second-order valence-electron chi connectivity index (χ2n) is 9.03. The molecule has 1 atom stereocenters. The van der Waals surface area contributed by atoms with E-state index in [0.717, 1.165) is 81.9 Å². The molecule has 2 fully saturated rings. The summed E-state index contributed by atoms with van der Waals surface area (Å²) in [7, 11) is 2.12. The predicted octanol–water partition coefficient (Wildman–Crippen LogP) is 1.94. The summed E-state index contributed by atoms with van der Waals surface area (Å²) < 4.78 is 0. The number of hydrogen-bond acceptors (Lipinski definition) is 6. The zero-order valence-electron chi connectivity index (χ0n) is 18.3. The minimum atomic E-state index is -0.694. The van der Waals surface area contributed by atoms with Gasteiger partial charge in [-0.1, -0.05) is 29.4 Å². The summed E-state index contributed by atoms with van der Waals surface area (Å²) in [5.41, 5.74) is 2.95. The first-order valence-corrected chi connectivity index (χ1v) is 11.3. The highest BCUT2D eigenvalue weighted by molar-refractivity contribution is 6.02. The van der Waals surface area contributed by atoms with Crippen LogP contribution in [0.5, 0.6) is 0 Å². The summed E-state index contributed by atoms with van der Waals surface area (Å²) in [6, 6.07) is 8.11. The van der Waals surface area contributed by atoms with Crippen molar-refractivity contribution in [2.75, 3.05) is 52.9 Å². The van der Waals surface area contributed by atoms with Crippen LogP contribution in [0.4, 0.5) is 0 Å². The maximum atomic E-state index is 10.9. The normalized spacial score (nSPS) is 23.5. The van der Waals surface area contributed by atoms with Crippen LogP contribution in [0.2, 0.25) is 0 Å². The van der Waals surface area contributed by atoms with Gasteiger partial charge in [0.2, 0.25) is 0 Å². The average molecular weight is 428 g/mol. The van der Waals surface area contributed by atoms with Gasteiger partial charge in [-0.15, -0.1) is 0 Å². The van der Waals surface area contributed by atoms with Crippen molar-refractivity contribution in [2.45, 2.75) is 31.8 Å². The highest BCUT2D eigenvalue weighted by Crippen LogP contribution is 2.23. The summed E-state index contributed by atoms with van der Waals surface area (Å²) in [5, 5.41) is 21.8. The number of piperazine rings is 1. The number of carboxylic acid groups (broad SMARTS) is 1. The van der Waals surface area contributed by atoms with Crippen molar-refractivity contribution >= 4 is 17.5 Å². The molecule has 3 heterocycles. The van der Waals surface area contributed by atoms with Crippen LogP contribution < -0.4 is 0 Å². The van der Waals surface area contributed by atoms with Crippen molar-refractivity contribution in [2.24, 2.45) is 11.1 Å². The minimum absolute atomic E-state index is 0.0503. The first-order chi connectivity index (χ1) is 15.0. The zero-order valence-corrected chi connectivity index (χ0v) is 18.3. The Morgan fingerprint density at radius 1 is 1.13 bits per heavy atom. The number of nitrogens with zero attached hydrogens (tertiary/aromatic N) is 4. The molecule has 1 aromatic rings. The fraction of sp³-hybridized carbons (Fsp3) is 0.609. The maximum Gasteiger partial charge on any atom is 0.303 e. The van der Waals surface area contributed by atoms with Crippen molar-refractivity contribution in [3.63, 3.8) is 0 Å². The highest BCUT2D eigenvalue weighted by Gasteiger charge is 2.28. The van der Waals surface area contributed by atoms with Gasteiger partial charge >= 0.3 is 5.97 Å². The lowest BCUT2D eigenvalue weighted by atomic mass is 9.93. The van der Waals surface area contributed by atoms with Crippen molar-refractivity contribution in [3.8, 4) is 0 Å². The fourth-order valence-electron chi connectivity index (χ4n) is 4.64. The Bertz CT molecular complexity index is 809. The Morgan fingerprint density at radius 3 is 2.45 bits per heavy atom. The topological polar surface area (TPSA) is 92.5 Å². The monoisotopic (exact) mass is 427 g/mol. The van der Waals surface area contributed by atoms with E-state index in [4.69, 9.17) is 15.4 Å². The molecule has 0 bridgehead atoms. The number of rotatable bonds is 6. The summed E-state index contributed by atoms with van der Waals surface area (Å²) in [5.74, 6) is 0.196. The molecule has 0 aliphatic carbocycles. The van der Waals surface area contributed by atoms with Crippen molar-refractivity contribution in [3.05, 3.63) is 35.4 Å². The van der Waals surface area contributed by atoms with Crippen molar-refractivity contribution < 1.29 is 14.7 Å². The Labute approximate surface area is 184 Å². The molecule has 3 aliphatic rings. The molecule has 1 aromatic carbocycles. The van der Waals surface area contributed by atoms with E-state index >= 15 is 0 Å². The van der Waals surface area contributed by atoms with Crippen LogP contribution in [-0.4, -0.2) is 96.3 Å². The van der Waals surface area contributed by atoms with E-state index in [1.54, 1.807) is 0 Å². The van der Waals surface area contributed by atoms with Gasteiger partial charge in [-0.05, 0) is 44.5 Å². The molecule has 8 nitrogen and oxygen atoms in total. The fourth-order valence-corrected chi connectivity index (χ4v) is 4.64. The van der Waals surface area contributed by atoms with Crippen molar-refractivity contribution in [1.82, 2.24) is 14.7 Å². The van der Waals surface area contributed by atoms with E-state index in [9.17, 15) is 4.79 Å². The van der Waals surface area contributed by atoms with Crippen LogP contribution in [0.15, 0.2) is 29.4 Å². The van der Waals surface area contributed by atoms with Crippen LogP contribution in [0.25, 0.3) is 0 Å². The quantitative estimate of drug-likeness (QED) is 0.532. The molecule has 1 unspecified atom stereocenters. The van der Waals surface area contributed by atoms with Gasteiger partial charge in [-0.3, -0.25) is 15.1 Å². The third-order valence-corrected chi connectivity index (χ3v) is 6.68. The number of likely N-dealkylation sites (N-methyl/N-ethyl adjacent to an activating group) is 1. The number of piperidine rings is 1. The smallest absolute Gasteiger partial charge is 0.303 e. The lowest BCUT2D eigenvalue weighted by Gasteiger charge is -2.34. The van der Waals surface area contributed by atoms with E-state index in [-0.39, 0.29) is 12.5 Å². The molecular formula is C23H33N5O3. The summed E-state index contributed by atoms with van der Waals surface area (Å²) >= 11 is 0. The molecular weight excluding hydrogens is 394 g/mol. The molecule has 0 radical (unpaired) electrons. The molecule has 2 N–H and O–H groups in total. The van der Waals surface area contributed by atoms with E-state index in [2.05, 4.69) is 26.9 Å². The Balaban J connectivity index is 1.25. The SMILES string of the molecule is CN1CCN(C(=N)c2ccc(C3=NOC(CN4CCC(CC(=O)O)CC4)C3)cc2)CC1. The number of aliphatic carboxylic acids is 1. The number of nitrogens with one attached hydrogen (secondary N) is 1. The van der Waals surface area contributed by atoms with E-state index in [1.807, 2.05) is 24.3 Å². The minimum Gasteiger partial charge on any atom is -0.481 e. The average Bonchev–Trinajstić information content (AvgIpc) is 3.23. The van der Waals surface area contributed by atoms with E-state index in [0.29, 0.717) is 11.8 Å². The van der Waals surface area contributed by atoms with Crippen LogP contribution in [0, 0.1) is 11.3 Å². The number of benzene rings is 1. The predicted molar refractivity (Wildman–Crippen MR) is 120 cm³/mol. The Morgan fingerprint density at radius 2 is 1.81 bits per heavy atom. The molecule has 31 heavy (non-hydrogen) atoms. The summed E-state index contributed by atoms with van der Waals surface area (Å²) in [6.45, 7) is 6.46. The molecule has 8 heteroatoms. The van der Waals surface area contributed by atoms with Gasteiger partial charge in [0.1, 0.15) is 11.9 Å². The third-order valence-electron chi connectivity index (χ3n) is 6.68. The standard InChI is InChI=1S/C23H33N5O3/c1-26-10-12-28(13-11-26)23(24)19-4-2-18(3-5-19)21-15-20(31-25-21)16-27-8-6-17(7-9-27)14-22(29)30/h2-5,17,20,24H,6-16H2,1H3,(H,29,30). The zero-order chi connectivity index (χ0) is 21.8. The number of carbonyl (C=O) groups is 1. The molecule has 168 valence electrons. The highest BCUT2D eigenvalue weighted by atomic mass is 16.6. The van der Waals surface area contributed by atoms with Crippen LogP contribution in [-0.2, 0) is 9.63 Å². The van der Waals surface area contributed by atoms with E-state index in [1.165, 1.54) is 0 Å². The molecule has 0 spiro atoms. The molecule has 2 saturated heterocycles. The summed E-state index contributed by atoms with van der Waals surface area (Å²) in [6.07, 6.45) is 2.99. The number of hydrogen-bond donors (Lipinski definition) is 2. The third kappa shape index (κ3) is 5.62. The van der Waals surface area contributed by atoms with Gasteiger partial charge in [-0.2, -0.15) is 0 Å². The molecule has 0 saturated carbocycles. The largest absolute Gasteiger partial charge is 0.481 e. The molecule has 0 aromatic heterocycles. The second kappa shape index (κ2) is 9.78. The van der Waals surface area contributed by atoms with E-state index < -0.39 is 5.97 Å². The number of oxime groups is 1.